The maximum Gasteiger partial charge on any atom is 0.336 e. The molecule has 3 aromatic rings. The lowest BCUT2D eigenvalue weighted by Gasteiger charge is -2.12. The van der Waals surface area contributed by atoms with Crippen molar-refractivity contribution in [3.63, 3.8) is 0 Å². The Morgan fingerprint density at radius 1 is 1.17 bits per heavy atom. The Morgan fingerprint density at radius 3 is 2.61 bits per heavy atom. The Balaban J connectivity index is 1.57. The van der Waals surface area contributed by atoms with Gasteiger partial charge >= 0.3 is 5.97 Å². The number of carboxylic acid groups (broad SMARTS) is 1. The van der Waals surface area contributed by atoms with Crippen molar-refractivity contribution in [3.8, 4) is 5.75 Å². The number of nitrogens with zero attached hydrogens (tertiary/aromatic N) is 2. The zero-order valence-corrected chi connectivity index (χ0v) is 23.0. The number of benzene rings is 3. The third-order valence-electron chi connectivity index (χ3n) is 5.40. The summed E-state index contributed by atoms with van der Waals surface area (Å²) in [5.41, 5.74) is 2.72. The number of amides is 1. The minimum Gasteiger partial charge on any atom is -0.486 e. The number of ether oxygens (including phenoxy) is 1. The van der Waals surface area contributed by atoms with Crippen LogP contribution >= 0.6 is 50.9 Å². The number of rotatable bonds is 6. The summed E-state index contributed by atoms with van der Waals surface area (Å²) in [6.45, 7) is 1.94. The van der Waals surface area contributed by atoms with Crippen molar-refractivity contribution in [1.29, 1.82) is 0 Å². The van der Waals surface area contributed by atoms with Crippen molar-refractivity contribution in [2.24, 2.45) is 4.99 Å². The van der Waals surface area contributed by atoms with Gasteiger partial charge in [0.25, 0.3) is 5.91 Å². The lowest BCUT2D eigenvalue weighted by Crippen LogP contribution is -2.23. The maximum absolute atomic E-state index is 12.9. The Kier molecular flexibility index (Phi) is 8.10. The SMILES string of the molecule is Cc1c(N=C2S/C(=C\c3cc(Cl)c(OCc4ccccc4Cl)c(Br)c3)C(=O)N2C)cccc1C(=O)O. The molecule has 0 atom stereocenters. The van der Waals surface area contributed by atoms with E-state index in [0.29, 0.717) is 47.2 Å². The van der Waals surface area contributed by atoms with E-state index in [1.165, 1.54) is 22.7 Å². The van der Waals surface area contributed by atoms with Crippen molar-refractivity contribution in [2.75, 3.05) is 7.05 Å². The molecule has 0 spiro atoms. The van der Waals surface area contributed by atoms with Gasteiger partial charge in [0.2, 0.25) is 0 Å². The Hall–Kier alpha value is -2.78. The standard InChI is InChI=1S/C26H19BrCl2N2O4S/c1-14-17(25(33)34)7-5-9-21(14)30-26-31(2)24(32)22(36-26)12-15-10-18(27)23(20(29)11-15)35-13-16-6-3-4-8-19(16)28/h3-12H,13H2,1-2H3,(H,33,34)/b22-12-,30-26?. The van der Waals surface area contributed by atoms with Crippen LogP contribution in [-0.4, -0.2) is 34.1 Å². The summed E-state index contributed by atoms with van der Waals surface area (Å²) < 4.78 is 6.53. The summed E-state index contributed by atoms with van der Waals surface area (Å²) in [4.78, 5) is 30.7. The number of thioether (sulfide) groups is 1. The molecule has 10 heteroatoms. The summed E-state index contributed by atoms with van der Waals surface area (Å²) in [5, 5.41) is 10.8. The Morgan fingerprint density at radius 2 is 1.92 bits per heavy atom. The molecular formula is C26H19BrCl2N2O4S. The van der Waals surface area contributed by atoms with Gasteiger partial charge in [-0.1, -0.05) is 47.5 Å². The van der Waals surface area contributed by atoms with Gasteiger partial charge in [0.1, 0.15) is 6.61 Å². The van der Waals surface area contributed by atoms with Crippen molar-refractivity contribution in [3.05, 3.63) is 96.3 Å². The first kappa shape index (κ1) is 26.3. The van der Waals surface area contributed by atoms with Crippen LogP contribution in [0.25, 0.3) is 6.08 Å². The van der Waals surface area contributed by atoms with Gasteiger partial charge in [-0.05, 0) is 82.2 Å². The summed E-state index contributed by atoms with van der Waals surface area (Å²) in [6.07, 6.45) is 1.72. The molecule has 184 valence electrons. The number of likely N-dealkylation sites (N-methyl/N-ethyl adjacent to an activating group) is 1. The Bertz CT molecular complexity index is 1420. The van der Waals surface area contributed by atoms with E-state index in [1.54, 1.807) is 44.3 Å². The molecule has 0 bridgehead atoms. The predicted octanol–water partition coefficient (Wildman–Crippen LogP) is 7.58. The number of carbonyl (C=O) groups excluding carboxylic acids is 1. The van der Waals surface area contributed by atoms with Gasteiger partial charge in [-0.2, -0.15) is 0 Å². The molecule has 0 saturated carbocycles. The normalized spacial score (nSPS) is 15.7. The van der Waals surface area contributed by atoms with Crippen LogP contribution < -0.4 is 4.74 Å². The molecule has 0 unspecified atom stereocenters. The predicted molar refractivity (Wildman–Crippen MR) is 149 cm³/mol. The summed E-state index contributed by atoms with van der Waals surface area (Å²) in [7, 11) is 1.62. The Labute approximate surface area is 230 Å². The average Bonchev–Trinajstić information content (AvgIpc) is 3.08. The summed E-state index contributed by atoms with van der Waals surface area (Å²) in [6, 6.07) is 15.8. The van der Waals surface area contributed by atoms with Crippen LogP contribution in [-0.2, 0) is 11.4 Å². The number of hydrogen-bond donors (Lipinski definition) is 1. The molecule has 1 amide bonds. The second kappa shape index (κ2) is 11.1. The van der Waals surface area contributed by atoms with Gasteiger partial charge in [0, 0.05) is 17.6 Å². The minimum atomic E-state index is -1.03. The molecule has 3 aromatic carbocycles. The summed E-state index contributed by atoms with van der Waals surface area (Å²) >= 11 is 17.4. The number of amidine groups is 1. The van der Waals surface area contributed by atoms with Gasteiger partial charge in [0.05, 0.1) is 25.7 Å². The van der Waals surface area contributed by atoms with E-state index in [4.69, 9.17) is 27.9 Å². The zero-order chi connectivity index (χ0) is 26.0. The third-order valence-corrected chi connectivity index (χ3v) is 7.70. The van der Waals surface area contributed by atoms with Gasteiger partial charge in [-0.15, -0.1) is 0 Å². The van der Waals surface area contributed by atoms with Crippen LogP contribution in [0.2, 0.25) is 10.0 Å². The van der Waals surface area contributed by atoms with E-state index in [-0.39, 0.29) is 18.1 Å². The minimum absolute atomic E-state index is 0.168. The number of carbonyl (C=O) groups is 2. The number of aromatic carboxylic acids is 1. The fraction of sp³-hybridized carbons (Fsp3) is 0.115. The van der Waals surface area contributed by atoms with Crippen molar-refractivity contribution in [2.45, 2.75) is 13.5 Å². The number of carboxylic acids is 1. The molecule has 1 N–H and O–H groups in total. The van der Waals surface area contributed by atoms with Crippen LogP contribution in [0.4, 0.5) is 5.69 Å². The topological polar surface area (TPSA) is 79.2 Å². The van der Waals surface area contributed by atoms with Gasteiger partial charge < -0.3 is 9.84 Å². The van der Waals surface area contributed by atoms with E-state index < -0.39 is 5.97 Å². The smallest absolute Gasteiger partial charge is 0.336 e. The van der Waals surface area contributed by atoms with Crippen molar-refractivity contribution >= 4 is 79.7 Å². The molecular weight excluding hydrogens is 587 g/mol. The average molecular weight is 606 g/mol. The molecule has 0 aromatic heterocycles. The molecule has 0 radical (unpaired) electrons. The molecule has 4 rings (SSSR count). The quantitative estimate of drug-likeness (QED) is 0.293. The second-order valence-electron chi connectivity index (χ2n) is 7.82. The number of halogens is 3. The van der Waals surface area contributed by atoms with E-state index in [2.05, 4.69) is 20.9 Å². The highest BCUT2D eigenvalue weighted by molar-refractivity contribution is 9.10. The van der Waals surface area contributed by atoms with Gasteiger partial charge in [0.15, 0.2) is 10.9 Å². The molecule has 6 nitrogen and oxygen atoms in total. The summed E-state index contributed by atoms with van der Waals surface area (Å²) in [5.74, 6) is -0.783. The highest BCUT2D eigenvalue weighted by atomic mass is 79.9. The van der Waals surface area contributed by atoms with Gasteiger partial charge in [-0.25, -0.2) is 9.79 Å². The molecule has 1 heterocycles. The van der Waals surface area contributed by atoms with Gasteiger partial charge in [-0.3, -0.25) is 9.69 Å². The number of aliphatic imine (C=N–C) groups is 1. The molecule has 1 aliphatic rings. The fourth-order valence-corrected chi connectivity index (χ4v) is 5.61. The lowest BCUT2D eigenvalue weighted by atomic mass is 10.1. The van der Waals surface area contributed by atoms with E-state index in [9.17, 15) is 14.7 Å². The molecule has 1 saturated heterocycles. The lowest BCUT2D eigenvalue weighted by molar-refractivity contribution is -0.121. The maximum atomic E-state index is 12.9. The van der Waals surface area contributed by atoms with Crippen molar-refractivity contribution in [1.82, 2.24) is 4.90 Å². The first-order chi connectivity index (χ1) is 17.2. The monoisotopic (exact) mass is 604 g/mol. The van der Waals surface area contributed by atoms with E-state index in [0.717, 1.165) is 5.56 Å². The van der Waals surface area contributed by atoms with Crippen LogP contribution in [0.3, 0.4) is 0 Å². The largest absolute Gasteiger partial charge is 0.486 e. The van der Waals surface area contributed by atoms with E-state index >= 15 is 0 Å². The van der Waals surface area contributed by atoms with Crippen LogP contribution in [0, 0.1) is 6.92 Å². The molecule has 0 aliphatic carbocycles. The van der Waals surface area contributed by atoms with Crippen LogP contribution in [0.5, 0.6) is 5.75 Å². The number of hydrogen-bond acceptors (Lipinski definition) is 5. The zero-order valence-electron chi connectivity index (χ0n) is 19.1. The second-order valence-corrected chi connectivity index (χ2v) is 10.5. The first-order valence-corrected chi connectivity index (χ1v) is 13.0. The highest BCUT2D eigenvalue weighted by Crippen LogP contribution is 2.38. The van der Waals surface area contributed by atoms with Crippen LogP contribution in [0.1, 0.15) is 27.0 Å². The first-order valence-electron chi connectivity index (χ1n) is 10.6. The highest BCUT2D eigenvalue weighted by Gasteiger charge is 2.30. The molecule has 36 heavy (non-hydrogen) atoms. The van der Waals surface area contributed by atoms with E-state index in [1.807, 2.05) is 24.3 Å². The van der Waals surface area contributed by atoms with Crippen molar-refractivity contribution < 1.29 is 19.4 Å². The molecule has 1 aliphatic heterocycles. The van der Waals surface area contributed by atoms with Crippen LogP contribution in [0.15, 0.2) is 69.0 Å². The fourth-order valence-electron chi connectivity index (χ4n) is 3.45. The third kappa shape index (κ3) is 5.62. The molecule has 1 fully saturated rings.